The van der Waals surface area contributed by atoms with Crippen molar-refractivity contribution in [3.8, 4) is 11.1 Å². The molecule has 0 nitrogen and oxygen atoms in total. The van der Waals surface area contributed by atoms with Crippen LogP contribution in [0.25, 0.3) is 11.1 Å². The summed E-state index contributed by atoms with van der Waals surface area (Å²) in [4.78, 5) is 0. The van der Waals surface area contributed by atoms with Gasteiger partial charge in [-0.15, -0.1) is 0 Å². The SMILES string of the molecule is [B]c1ccccc1-c1cccc([Si](C)(c2ccccc2)c2ccccc2)c1. The summed E-state index contributed by atoms with van der Waals surface area (Å²) in [5.41, 5.74) is 3.09. The second kappa shape index (κ2) is 7.42. The van der Waals surface area contributed by atoms with Gasteiger partial charge >= 0.3 is 0 Å². The first-order valence-electron chi connectivity index (χ1n) is 9.26. The molecule has 0 aliphatic rings. The Hall–Kier alpha value is -2.84. The van der Waals surface area contributed by atoms with Crippen molar-refractivity contribution in [1.82, 2.24) is 0 Å². The van der Waals surface area contributed by atoms with Crippen LogP contribution in [0.1, 0.15) is 0 Å². The molecule has 0 amide bonds. The van der Waals surface area contributed by atoms with Gasteiger partial charge in [0, 0.05) is 0 Å². The molecular weight excluding hydrogens is 339 g/mol. The lowest BCUT2D eigenvalue weighted by Crippen LogP contribution is -2.64. The van der Waals surface area contributed by atoms with E-state index in [0.717, 1.165) is 11.0 Å². The van der Waals surface area contributed by atoms with Crippen molar-refractivity contribution in [1.29, 1.82) is 0 Å². The Morgan fingerprint density at radius 2 is 1.07 bits per heavy atom. The topological polar surface area (TPSA) is 0 Å². The van der Waals surface area contributed by atoms with E-state index in [9.17, 15) is 0 Å². The van der Waals surface area contributed by atoms with Gasteiger partial charge in [0.05, 0.1) is 0 Å². The smallest absolute Gasteiger partial charge is 0.0890 e. The minimum Gasteiger partial charge on any atom is -0.0890 e. The van der Waals surface area contributed by atoms with Crippen LogP contribution >= 0.6 is 0 Å². The molecule has 2 radical (unpaired) electrons. The van der Waals surface area contributed by atoms with Crippen LogP contribution in [0.15, 0.2) is 109 Å². The third kappa shape index (κ3) is 3.29. The maximum atomic E-state index is 6.25. The first kappa shape index (κ1) is 17.6. The first-order chi connectivity index (χ1) is 13.2. The van der Waals surface area contributed by atoms with Crippen LogP contribution in [-0.2, 0) is 0 Å². The van der Waals surface area contributed by atoms with Crippen molar-refractivity contribution < 1.29 is 0 Å². The summed E-state index contributed by atoms with van der Waals surface area (Å²) in [7, 11) is 4.15. The van der Waals surface area contributed by atoms with E-state index in [1.165, 1.54) is 21.1 Å². The maximum absolute atomic E-state index is 6.25. The summed E-state index contributed by atoms with van der Waals surface area (Å²) in [6.07, 6.45) is 0. The van der Waals surface area contributed by atoms with E-state index in [1.54, 1.807) is 0 Å². The van der Waals surface area contributed by atoms with Gasteiger partial charge in [-0.3, -0.25) is 0 Å². The van der Waals surface area contributed by atoms with Crippen molar-refractivity contribution in [2.24, 2.45) is 0 Å². The quantitative estimate of drug-likeness (QED) is 0.387. The summed E-state index contributed by atoms with van der Waals surface area (Å²) < 4.78 is 0. The van der Waals surface area contributed by atoms with Crippen molar-refractivity contribution in [2.45, 2.75) is 6.55 Å². The Balaban J connectivity index is 1.92. The molecule has 128 valence electrons. The van der Waals surface area contributed by atoms with Gasteiger partial charge in [0.25, 0.3) is 0 Å². The van der Waals surface area contributed by atoms with Crippen LogP contribution < -0.4 is 21.0 Å². The summed E-state index contributed by atoms with van der Waals surface area (Å²) in [6.45, 7) is 2.44. The molecule has 4 rings (SSSR count). The molecule has 0 atom stereocenters. The van der Waals surface area contributed by atoms with Gasteiger partial charge in [-0.2, -0.15) is 0 Å². The van der Waals surface area contributed by atoms with E-state index in [4.69, 9.17) is 7.85 Å². The average Bonchev–Trinajstić information content (AvgIpc) is 2.75. The van der Waals surface area contributed by atoms with Crippen molar-refractivity contribution in [3.63, 3.8) is 0 Å². The van der Waals surface area contributed by atoms with Crippen LogP contribution in [0.5, 0.6) is 0 Å². The van der Waals surface area contributed by atoms with Gasteiger partial charge in [0.1, 0.15) is 15.9 Å². The predicted molar refractivity (Wildman–Crippen MR) is 121 cm³/mol. The number of rotatable bonds is 4. The highest BCUT2D eigenvalue weighted by Gasteiger charge is 2.34. The van der Waals surface area contributed by atoms with Gasteiger partial charge in [-0.25, -0.2) is 0 Å². The van der Waals surface area contributed by atoms with Gasteiger partial charge in [0.2, 0.25) is 0 Å². The monoisotopic (exact) mass is 360 g/mol. The molecule has 0 N–H and O–H groups in total. The molecule has 0 aliphatic heterocycles. The number of benzene rings is 4. The number of hydrogen-bond donors (Lipinski definition) is 0. The molecule has 0 saturated carbocycles. The minimum absolute atomic E-state index is 0.817. The molecule has 0 bridgehead atoms. The normalized spacial score (nSPS) is 11.3. The molecule has 2 heteroatoms. The fourth-order valence-electron chi connectivity index (χ4n) is 3.80. The lowest BCUT2D eigenvalue weighted by Gasteiger charge is -2.30. The molecule has 4 aromatic carbocycles. The van der Waals surface area contributed by atoms with Gasteiger partial charge in [0.15, 0.2) is 0 Å². The van der Waals surface area contributed by atoms with Crippen LogP contribution in [-0.4, -0.2) is 15.9 Å². The molecule has 0 saturated heterocycles. The maximum Gasteiger partial charge on any atom is 0.145 e. The highest BCUT2D eigenvalue weighted by Crippen LogP contribution is 2.17. The van der Waals surface area contributed by atoms with Gasteiger partial charge in [-0.1, -0.05) is 121 Å². The molecule has 0 aliphatic carbocycles. The zero-order valence-corrected chi connectivity index (χ0v) is 16.5. The average molecular weight is 360 g/mol. The summed E-state index contributed by atoms with van der Waals surface area (Å²) in [5.74, 6) is 0. The molecule has 27 heavy (non-hydrogen) atoms. The molecule has 0 aromatic heterocycles. The van der Waals surface area contributed by atoms with Crippen LogP contribution in [0.2, 0.25) is 6.55 Å². The van der Waals surface area contributed by atoms with E-state index in [0.29, 0.717) is 0 Å². The summed E-state index contributed by atoms with van der Waals surface area (Å²) in [6, 6.07) is 38.8. The molecule has 0 fully saturated rings. The lowest BCUT2D eigenvalue weighted by molar-refractivity contribution is 1.64. The van der Waals surface area contributed by atoms with E-state index in [-0.39, 0.29) is 0 Å². The van der Waals surface area contributed by atoms with E-state index in [2.05, 4.69) is 97.5 Å². The Labute approximate surface area is 164 Å². The number of hydrogen-bond acceptors (Lipinski definition) is 0. The highest BCUT2D eigenvalue weighted by molar-refractivity contribution is 7.10. The van der Waals surface area contributed by atoms with E-state index >= 15 is 0 Å². The predicted octanol–water partition coefficient (Wildman–Crippen LogP) is 3.25. The fourth-order valence-corrected chi connectivity index (χ4v) is 7.39. The van der Waals surface area contributed by atoms with Crippen molar-refractivity contribution in [2.75, 3.05) is 0 Å². The Morgan fingerprint density at radius 3 is 1.67 bits per heavy atom. The third-order valence-electron chi connectivity index (χ3n) is 5.41. The van der Waals surface area contributed by atoms with Crippen LogP contribution in [0.4, 0.5) is 0 Å². The minimum atomic E-state index is -2.10. The van der Waals surface area contributed by atoms with Crippen LogP contribution in [0, 0.1) is 0 Å². The van der Waals surface area contributed by atoms with E-state index < -0.39 is 8.07 Å². The summed E-state index contributed by atoms with van der Waals surface area (Å²) in [5, 5.41) is 4.21. The van der Waals surface area contributed by atoms with E-state index in [1.807, 2.05) is 18.2 Å². The zero-order valence-electron chi connectivity index (χ0n) is 15.5. The van der Waals surface area contributed by atoms with Crippen molar-refractivity contribution >= 4 is 36.9 Å². The Kier molecular flexibility index (Phi) is 4.83. The van der Waals surface area contributed by atoms with Gasteiger partial charge in [-0.05, 0) is 26.7 Å². The summed E-state index contributed by atoms with van der Waals surface area (Å²) >= 11 is 0. The second-order valence-electron chi connectivity index (χ2n) is 7.03. The molecule has 0 heterocycles. The zero-order chi connectivity index (χ0) is 18.7. The highest BCUT2D eigenvalue weighted by atomic mass is 28.3. The standard InChI is InChI=1S/C25H21BSi/c1-27(21-12-4-2-5-13-21,22-14-6-3-7-15-22)23-16-10-11-20(19-23)24-17-8-9-18-25(24)26/h2-19H,1H3. The molecular formula is C25H21BSi. The third-order valence-corrected chi connectivity index (χ3v) is 9.86. The second-order valence-corrected chi connectivity index (χ2v) is 11.0. The Bertz CT molecular complexity index is 1000. The molecule has 4 aromatic rings. The molecule has 0 unspecified atom stereocenters. The lowest BCUT2D eigenvalue weighted by atomic mass is 9.87. The van der Waals surface area contributed by atoms with Crippen LogP contribution in [0.3, 0.4) is 0 Å². The largest absolute Gasteiger partial charge is 0.145 e. The molecule has 0 spiro atoms. The van der Waals surface area contributed by atoms with Gasteiger partial charge < -0.3 is 0 Å². The first-order valence-corrected chi connectivity index (χ1v) is 11.8. The Morgan fingerprint density at radius 1 is 0.556 bits per heavy atom. The van der Waals surface area contributed by atoms with Crippen molar-refractivity contribution in [3.05, 3.63) is 109 Å². The fraction of sp³-hybridized carbons (Fsp3) is 0.0400.